The maximum absolute atomic E-state index is 2.33. The van der Waals surface area contributed by atoms with Gasteiger partial charge in [0.25, 0.3) is 0 Å². The normalized spacial score (nSPS) is 11.6. The molecule has 0 aliphatic heterocycles. The summed E-state index contributed by atoms with van der Waals surface area (Å²) >= 11 is 1.83. The number of rotatable bonds is 0. The highest BCUT2D eigenvalue weighted by molar-refractivity contribution is 7.17. The van der Waals surface area contributed by atoms with Gasteiger partial charge in [0.2, 0.25) is 0 Å². The number of fused-ring (bicyclic) bond motifs is 4. The number of aryl methyl sites for hydroxylation is 1. The average molecular weight is 248 g/mol. The summed E-state index contributed by atoms with van der Waals surface area (Å²) in [5, 5.41) is 9.02. The summed E-state index contributed by atoms with van der Waals surface area (Å²) in [5.74, 6) is 0. The standard InChI is InChI=1S/C17H12S/c1-11-10-18-16-7-6-14-8-12-4-2-3-5-13(12)9-15(14)17(11)16/h2-10H,1H3. The topological polar surface area (TPSA) is 0 Å². The van der Waals surface area contributed by atoms with E-state index in [0.717, 1.165) is 0 Å². The highest BCUT2D eigenvalue weighted by Crippen LogP contribution is 2.34. The Balaban J connectivity index is 2.30. The molecule has 0 radical (unpaired) electrons. The molecule has 0 nitrogen and oxygen atoms in total. The Morgan fingerprint density at radius 2 is 1.61 bits per heavy atom. The molecule has 1 heterocycles. The van der Waals surface area contributed by atoms with E-state index in [0.29, 0.717) is 0 Å². The Hall–Kier alpha value is -1.86. The molecule has 0 spiro atoms. The number of thiophene rings is 1. The van der Waals surface area contributed by atoms with Crippen LogP contribution in [0.4, 0.5) is 0 Å². The van der Waals surface area contributed by atoms with Crippen molar-refractivity contribution in [2.24, 2.45) is 0 Å². The molecule has 18 heavy (non-hydrogen) atoms. The Morgan fingerprint density at radius 1 is 0.833 bits per heavy atom. The molecule has 0 aliphatic carbocycles. The fourth-order valence-corrected chi connectivity index (χ4v) is 3.67. The maximum atomic E-state index is 2.33. The SMILES string of the molecule is Cc1csc2ccc3cc4ccccc4cc3c12. The van der Waals surface area contributed by atoms with Crippen molar-refractivity contribution in [2.75, 3.05) is 0 Å². The minimum Gasteiger partial charge on any atom is -0.144 e. The van der Waals surface area contributed by atoms with E-state index >= 15 is 0 Å². The zero-order chi connectivity index (χ0) is 12.1. The van der Waals surface area contributed by atoms with E-state index < -0.39 is 0 Å². The number of hydrogen-bond donors (Lipinski definition) is 0. The van der Waals surface area contributed by atoms with E-state index in [1.807, 2.05) is 11.3 Å². The summed E-state index contributed by atoms with van der Waals surface area (Å²) < 4.78 is 1.38. The molecular formula is C17H12S. The van der Waals surface area contributed by atoms with Gasteiger partial charge in [-0.05, 0) is 57.6 Å². The minimum atomic E-state index is 1.32. The van der Waals surface area contributed by atoms with Crippen LogP contribution in [-0.2, 0) is 0 Å². The van der Waals surface area contributed by atoms with E-state index in [9.17, 15) is 0 Å². The molecule has 0 atom stereocenters. The van der Waals surface area contributed by atoms with Gasteiger partial charge in [-0.2, -0.15) is 0 Å². The van der Waals surface area contributed by atoms with E-state index in [-0.39, 0.29) is 0 Å². The molecule has 4 aromatic rings. The van der Waals surface area contributed by atoms with Gasteiger partial charge in [0, 0.05) is 10.1 Å². The van der Waals surface area contributed by atoms with Crippen molar-refractivity contribution >= 4 is 43.0 Å². The van der Waals surface area contributed by atoms with E-state index in [1.54, 1.807) is 0 Å². The van der Waals surface area contributed by atoms with Gasteiger partial charge in [-0.15, -0.1) is 11.3 Å². The van der Waals surface area contributed by atoms with Crippen molar-refractivity contribution in [3.05, 3.63) is 59.5 Å². The molecule has 4 rings (SSSR count). The molecule has 3 aromatic carbocycles. The summed E-state index contributed by atoms with van der Waals surface area (Å²) in [6.45, 7) is 2.20. The summed E-state index contributed by atoms with van der Waals surface area (Å²) in [6, 6.07) is 17.7. The number of hydrogen-bond acceptors (Lipinski definition) is 1. The van der Waals surface area contributed by atoms with Gasteiger partial charge in [0.15, 0.2) is 0 Å². The van der Waals surface area contributed by atoms with Crippen molar-refractivity contribution in [1.82, 2.24) is 0 Å². The second kappa shape index (κ2) is 3.56. The van der Waals surface area contributed by atoms with Gasteiger partial charge in [-0.3, -0.25) is 0 Å². The molecule has 0 N–H and O–H groups in total. The monoisotopic (exact) mass is 248 g/mol. The zero-order valence-corrected chi connectivity index (χ0v) is 10.9. The van der Waals surface area contributed by atoms with Crippen molar-refractivity contribution in [3.8, 4) is 0 Å². The predicted octanol–water partition coefficient (Wildman–Crippen LogP) is 5.52. The van der Waals surface area contributed by atoms with Gasteiger partial charge >= 0.3 is 0 Å². The van der Waals surface area contributed by atoms with Crippen LogP contribution in [0.3, 0.4) is 0 Å². The van der Waals surface area contributed by atoms with Gasteiger partial charge in [-0.25, -0.2) is 0 Å². The van der Waals surface area contributed by atoms with Crippen LogP contribution in [0.1, 0.15) is 5.56 Å². The van der Waals surface area contributed by atoms with Crippen molar-refractivity contribution in [2.45, 2.75) is 6.92 Å². The second-order valence-corrected chi connectivity index (χ2v) is 5.69. The van der Waals surface area contributed by atoms with Crippen LogP contribution in [0.15, 0.2) is 53.9 Å². The molecule has 0 bridgehead atoms. The van der Waals surface area contributed by atoms with Crippen LogP contribution in [0.5, 0.6) is 0 Å². The van der Waals surface area contributed by atoms with Crippen molar-refractivity contribution in [1.29, 1.82) is 0 Å². The van der Waals surface area contributed by atoms with E-state index in [2.05, 4.69) is 60.8 Å². The fourth-order valence-electron chi connectivity index (χ4n) is 2.71. The van der Waals surface area contributed by atoms with Gasteiger partial charge < -0.3 is 0 Å². The molecule has 0 fully saturated rings. The van der Waals surface area contributed by atoms with Crippen LogP contribution >= 0.6 is 11.3 Å². The fraction of sp³-hybridized carbons (Fsp3) is 0.0588. The van der Waals surface area contributed by atoms with E-state index in [1.165, 1.54) is 37.2 Å². The molecular weight excluding hydrogens is 236 g/mol. The smallest absolute Gasteiger partial charge is 0.0351 e. The first-order chi connectivity index (χ1) is 8.83. The molecule has 1 heteroatoms. The summed E-state index contributed by atoms with van der Waals surface area (Å²) in [4.78, 5) is 0. The highest BCUT2D eigenvalue weighted by atomic mass is 32.1. The van der Waals surface area contributed by atoms with Crippen molar-refractivity contribution < 1.29 is 0 Å². The molecule has 0 aliphatic rings. The maximum Gasteiger partial charge on any atom is 0.0351 e. The summed E-state index contributed by atoms with van der Waals surface area (Å²) in [7, 11) is 0. The third-order valence-corrected chi connectivity index (χ3v) is 4.67. The van der Waals surface area contributed by atoms with Crippen LogP contribution in [-0.4, -0.2) is 0 Å². The summed E-state index contributed by atoms with van der Waals surface area (Å²) in [6.07, 6.45) is 0. The zero-order valence-electron chi connectivity index (χ0n) is 10.1. The van der Waals surface area contributed by atoms with E-state index in [4.69, 9.17) is 0 Å². The average Bonchev–Trinajstić information content (AvgIpc) is 2.78. The largest absolute Gasteiger partial charge is 0.144 e. The summed E-state index contributed by atoms with van der Waals surface area (Å²) in [5.41, 5.74) is 1.39. The number of benzene rings is 3. The van der Waals surface area contributed by atoms with Crippen LogP contribution in [0.2, 0.25) is 0 Å². The molecule has 1 aromatic heterocycles. The quantitative estimate of drug-likeness (QED) is 0.360. The Labute approximate surface area is 109 Å². The minimum absolute atomic E-state index is 1.32. The first-order valence-electron chi connectivity index (χ1n) is 6.12. The lowest BCUT2D eigenvalue weighted by Crippen LogP contribution is -1.78. The van der Waals surface area contributed by atoms with Crippen LogP contribution < -0.4 is 0 Å². The lowest BCUT2D eigenvalue weighted by atomic mass is 10.00. The predicted molar refractivity (Wildman–Crippen MR) is 81.6 cm³/mol. The van der Waals surface area contributed by atoms with Crippen LogP contribution in [0, 0.1) is 6.92 Å². The third-order valence-electron chi connectivity index (χ3n) is 3.60. The molecule has 86 valence electrons. The Morgan fingerprint density at radius 3 is 2.44 bits per heavy atom. The van der Waals surface area contributed by atoms with Gasteiger partial charge in [-0.1, -0.05) is 30.3 Å². The van der Waals surface area contributed by atoms with Gasteiger partial charge in [0.05, 0.1) is 0 Å². The molecule has 0 saturated carbocycles. The molecule has 0 amide bonds. The highest BCUT2D eigenvalue weighted by Gasteiger charge is 2.06. The lowest BCUT2D eigenvalue weighted by molar-refractivity contribution is 1.61. The Kier molecular flexibility index (Phi) is 2.00. The molecule has 0 unspecified atom stereocenters. The third kappa shape index (κ3) is 1.31. The molecule has 0 saturated heterocycles. The first-order valence-corrected chi connectivity index (χ1v) is 7.00. The van der Waals surface area contributed by atoms with Gasteiger partial charge in [0.1, 0.15) is 0 Å². The second-order valence-electron chi connectivity index (χ2n) is 4.78. The lowest BCUT2D eigenvalue weighted by Gasteiger charge is -2.04. The first kappa shape index (κ1) is 10.1. The van der Waals surface area contributed by atoms with Crippen molar-refractivity contribution in [3.63, 3.8) is 0 Å². The van der Waals surface area contributed by atoms with Crippen LogP contribution in [0.25, 0.3) is 31.6 Å². The Bertz CT molecular complexity index is 884.